The zero-order valence-corrected chi connectivity index (χ0v) is 13.5. The number of nitrogens with zero attached hydrogens (tertiary/aromatic N) is 1. The van der Waals surface area contributed by atoms with E-state index < -0.39 is 5.60 Å². The average Bonchev–Trinajstić information content (AvgIpc) is 2.37. The van der Waals surface area contributed by atoms with E-state index in [0.29, 0.717) is 6.54 Å². The highest BCUT2D eigenvalue weighted by Gasteiger charge is 2.30. The summed E-state index contributed by atoms with van der Waals surface area (Å²) in [5.74, 6) is 0. The third-order valence-corrected chi connectivity index (χ3v) is 3.53. The molecular formula is C17H26N2O2. The molecule has 1 amide bonds. The van der Waals surface area contributed by atoms with Crippen LogP contribution in [0.3, 0.4) is 0 Å². The molecule has 0 aromatic heterocycles. The Morgan fingerprint density at radius 2 is 2.19 bits per heavy atom. The van der Waals surface area contributed by atoms with Gasteiger partial charge in [-0.3, -0.25) is 0 Å². The minimum absolute atomic E-state index is 0.149. The smallest absolute Gasteiger partial charge is 0.410 e. The van der Waals surface area contributed by atoms with Gasteiger partial charge in [-0.25, -0.2) is 4.79 Å². The maximum Gasteiger partial charge on any atom is 0.410 e. The summed E-state index contributed by atoms with van der Waals surface area (Å²) in [6, 6.07) is 8.61. The van der Waals surface area contributed by atoms with E-state index in [1.165, 1.54) is 11.1 Å². The minimum atomic E-state index is -0.449. The van der Waals surface area contributed by atoms with Gasteiger partial charge in [-0.2, -0.15) is 0 Å². The topological polar surface area (TPSA) is 41.6 Å². The third-order valence-electron chi connectivity index (χ3n) is 3.53. The molecule has 1 fully saturated rings. The van der Waals surface area contributed by atoms with Gasteiger partial charge in [0.05, 0.1) is 6.04 Å². The molecule has 4 heteroatoms. The number of aryl methyl sites for hydroxylation is 1. The molecule has 1 unspecified atom stereocenters. The summed E-state index contributed by atoms with van der Waals surface area (Å²) in [5.41, 5.74) is 2.06. The molecule has 1 aliphatic heterocycles. The van der Waals surface area contributed by atoms with Crippen LogP contribution in [0.4, 0.5) is 4.79 Å². The molecule has 21 heavy (non-hydrogen) atoms. The van der Waals surface area contributed by atoms with Crippen molar-refractivity contribution in [3.63, 3.8) is 0 Å². The van der Waals surface area contributed by atoms with E-state index in [1.54, 1.807) is 0 Å². The van der Waals surface area contributed by atoms with Gasteiger partial charge >= 0.3 is 6.09 Å². The van der Waals surface area contributed by atoms with Crippen molar-refractivity contribution < 1.29 is 9.53 Å². The van der Waals surface area contributed by atoms with Gasteiger partial charge in [0, 0.05) is 19.6 Å². The van der Waals surface area contributed by atoms with Gasteiger partial charge in [0.2, 0.25) is 0 Å². The van der Waals surface area contributed by atoms with Crippen molar-refractivity contribution in [3.8, 4) is 0 Å². The predicted molar refractivity (Wildman–Crippen MR) is 84.5 cm³/mol. The van der Waals surface area contributed by atoms with Gasteiger partial charge < -0.3 is 15.0 Å². The van der Waals surface area contributed by atoms with E-state index in [4.69, 9.17) is 4.74 Å². The molecule has 1 atom stereocenters. The maximum atomic E-state index is 12.4. The van der Waals surface area contributed by atoms with Gasteiger partial charge in [-0.15, -0.1) is 0 Å². The standard InChI is InChI=1S/C17H26N2O2/c1-13-6-5-7-14(10-13)11-15-12-18-8-9-19(15)16(20)21-17(2,3)4/h5-7,10,15,18H,8-9,11-12H2,1-4H3. The molecule has 1 heterocycles. The molecule has 0 bridgehead atoms. The molecule has 1 aromatic rings. The van der Waals surface area contributed by atoms with Gasteiger partial charge in [0.15, 0.2) is 0 Å². The molecule has 1 aliphatic rings. The Labute approximate surface area is 127 Å². The van der Waals surface area contributed by atoms with Crippen LogP contribution in [0.25, 0.3) is 0 Å². The summed E-state index contributed by atoms with van der Waals surface area (Å²) >= 11 is 0. The average molecular weight is 290 g/mol. The largest absolute Gasteiger partial charge is 0.444 e. The number of nitrogens with one attached hydrogen (secondary N) is 1. The Morgan fingerprint density at radius 1 is 1.43 bits per heavy atom. The highest BCUT2D eigenvalue weighted by molar-refractivity contribution is 5.68. The van der Waals surface area contributed by atoms with Crippen LogP contribution in [-0.4, -0.2) is 42.3 Å². The first-order chi connectivity index (χ1) is 9.85. The molecule has 1 aromatic carbocycles. The molecule has 0 aliphatic carbocycles. The van der Waals surface area contributed by atoms with Crippen molar-refractivity contribution in [2.45, 2.75) is 45.8 Å². The number of piperazine rings is 1. The number of rotatable bonds is 2. The fraction of sp³-hybridized carbons (Fsp3) is 0.588. The number of carbonyl (C=O) groups is 1. The Morgan fingerprint density at radius 3 is 2.86 bits per heavy atom. The number of ether oxygens (including phenoxy) is 1. The first kappa shape index (κ1) is 15.8. The van der Waals surface area contributed by atoms with Crippen molar-refractivity contribution >= 4 is 6.09 Å². The van der Waals surface area contributed by atoms with E-state index in [2.05, 4.69) is 36.5 Å². The van der Waals surface area contributed by atoms with Crippen molar-refractivity contribution in [1.82, 2.24) is 10.2 Å². The van der Waals surface area contributed by atoms with Crippen LogP contribution >= 0.6 is 0 Å². The van der Waals surface area contributed by atoms with E-state index >= 15 is 0 Å². The number of benzene rings is 1. The second-order valence-corrected chi connectivity index (χ2v) is 6.72. The van der Waals surface area contributed by atoms with Crippen molar-refractivity contribution in [2.75, 3.05) is 19.6 Å². The highest BCUT2D eigenvalue weighted by Crippen LogP contribution is 2.16. The zero-order chi connectivity index (χ0) is 15.5. The van der Waals surface area contributed by atoms with Crippen molar-refractivity contribution in [1.29, 1.82) is 0 Å². The Hall–Kier alpha value is -1.55. The Kier molecular flexibility index (Phi) is 4.88. The summed E-state index contributed by atoms with van der Waals surface area (Å²) in [6.07, 6.45) is 0.648. The highest BCUT2D eigenvalue weighted by atomic mass is 16.6. The number of carbonyl (C=O) groups excluding carboxylic acids is 1. The molecule has 0 spiro atoms. The summed E-state index contributed by atoms with van der Waals surface area (Å²) < 4.78 is 5.53. The van der Waals surface area contributed by atoms with Crippen LogP contribution in [0.5, 0.6) is 0 Å². The third kappa shape index (κ3) is 4.74. The van der Waals surface area contributed by atoms with Gasteiger partial charge in [-0.1, -0.05) is 29.8 Å². The van der Waals surface area contributed by atoms with Crippen LogP contribution in [0.15, 0.2) is 24.3 Å². The van der Waals surface area contributed by atoms with E-state index in [-0.39, 0.29) is 12.1 Å². The first-order valence-corrected chi connectivity index (χ1v) is 7.61. The lowest BCUT2D eigenvalue weighted by Gasteiger charge is -2.37. The molecular weight excluding hydrogens is 264 g/mol. The molecule has 0 radical (unpaired) electrons. The van der Waals surface area contributed by atoms with E-state index in [9.17, 15) is 4.79 Å². The lowest BCUT2D eigenvalue weighted by molar-refractivity contribution is 0.0122. The number of amides is 1. The molecule has 1 saturated heterocycles. The van der Waals surface area contributed by atoms with Gasteiger partial charge in [0.1, 0.15) is 5.60 Å². The Balaban J connectivity index is 2.06. The summed E-state index contributed by atoms with van der Waals surface area (Å²) in [7, 11) is 0. The summed E-state index contributed by atoms with van der Waals surface area (Å²) in [4.78, 5) is 14.2. The van der Waals surface area contributed by atoms with Crippen LogP contribution in [-0.2, 0) is 11.2 Å². The Bertz CT molecular complexity index is 494. The predicted octanol–water partition coefficient (Wildman–Crippen LogP) is 2.75. The van der Waals surface area contributed by atoms with Crippen LogP contribution in [0.1, 0.15) is 31.9 Å². The molecule has 2 rings (SSSR count). The van der Waals surface area contributed by atoms with Crippen molar-refractivity contribution in [2.24, 2.45) is 0 Å². The van der Waals surface area contributed by atoms with Crippen LogP contribution < -0.4 is 5.32 Å². The molecule has 0 saturated carbocycles. The summed E-state index contributed by atoms with van der Waals surface area (Å²) in [5, 5.41) is 3.37. The fourth-order valence-electron chi connectivity index (χ4n) is 2.62. The lowest BCUT2D eigenvalue weighted by Crippen LogP contribution is -2.55. The molecule has 1 N–H and O–H groups in total. The van der Waals surface area contributed by atoms with Crippen LogP contribution in [0.2, 0.25) is 0 Å². The van der Waals surface area contributed by atoms with Crippen LogP contribution in [0, 0.1) is 6.92 Å². The number of hydrogen-bond donors (Lipinski definition) is 1. The SMILES string of the molecule is Cc1cccc(CC2CNCCN2C(=O)OC(C)(C)C)c1. The second kappa shape index (κ2) is 6.48. The zero-order valence-electron chi connectivity index (χ0n) is 13.5. The van der Waals surface area contributed by atoms with Crippen molar-refractivity contribution in [3.05, 3.63) is 35.4 Å². The maximum absolute atomic E-state index is 12.4. The van der Waals surface area contributed by atoms with Gasteiger partial charge in [-0.05, 0) is 39.7 Å². The molecule has 4 nitrogen and oxygen atoms in total. The monoisotopic (exact) mass is 290 g/mol. The summed E-state index contributed by atoms with van der Waals surface area (Å²) in [6.45, 7) is 10.1. The van der Waals surface area contributed by atoms with E-state index in [1.807, 2.05) is 25.7 Å². The van der Waals surface area contributed by atoms with E-state index in [0.717, 1.165) is 19.5 Å². The number of hydrogen-bond acceptors (Lipinski definition) is 3. The molecule has 116 valence electrons. The second-order valence-electron chi connectivity index (χ2n) is 6.72. The first-order valence-electron chi connectivity index (χ1n) is 7.61. The van der Waals surface area contributed by atoms with Gasteiger partial charge in [0.25, 0.3) is 0 Å². The quantitative estimate of drug-likeness (QED) is 0.910. The normalized spacial score (nSPS) is 19.4. The fourth-order valence-corrected chi connectivity index (χ4v) is 2.62. The minimum Gasteiger partial charge on any atom is -0.444 e. The lowest BCUT2D eigenvalue weighted by atomic mass is 10.0.